The predicted molar refractivity (Wildman–Crippen MR) is 130 cm³/mol. The van der Waals surface area contributed by atoms with E-state index in [9.17, 15) is 19.2 Å². The number of ketones is 2. The van der Waals surface area contributed by atoms with Gasteiger partial charge in [0.1, 0.15) is 23.5 Å². The van der Waals surface area contributed by atoms with Crippen molar-refractivity contribution in [3.8, 4) is 0 Å². The molecule has 2 heterocycles. The van der Waals surface area contributed by atoms with E-state index in [4.69, 9.17) is 15.6 Å². The summed E-state index contributed by atoms with van der Waals surface area (Å²) >= 11 is 0. The van der Waals surface area contributed by atoms with E-state index in [1.165, 1.54) is 65.9 Å². The zero-order valence-electron chi connectivity index (χ0n) is 19.0. The van der Waals surface area contributed by atoms with Crippen LogP contribution in [0.4, 0.5) is 0 Å². The molecule has 2 atom stereocenters. The van der Waals surface area contributed by atoms with Gasteiger partial charge < -0.3 is 15.6 Å². The highest BCUT2D eigenvalue weighted by Gasteiger charge is 2.28. The number of carboxylic acids is 1. The Labute approximate surface area is 209 Å². The number of nitrogens with zero attached hydrogens (tertiary/aromatic N) is 5. The van der Waals surface area contributed by atoms with Gasteiger partial charge in [0.2, 0.25) is 0 Å². The molecule has 0 aliphatic carbocycles. The topological polar surface area (TPSA) is 179 Å². The van der Waals surface area contributed by atoms with Crippen LogP contribution in [0.3, 0.4) is 0 Å². The van der Waals surface area contributed by atoms with E-state index in [1.54, 1.807) is 4.90 Å². The minimum atomic E-state index is -1.12. The maximum absolute atomic E-state index is 12.6. The maximum Gasteiger partial charge on any atom is 0.323 e. The summed E-state index contributed by atoms with van der Waals surface area (Å²) in [4.78, 5) is 66.1. The lowest BCUT2D eigenvalue weighted by Gasteiger charge is -2.29. The Kier molecular flexibility index (Phi) is 12.2. The average Bonchev–Trinajstić information content (AvgIpc) is 2.89. The number of ether oxygens (including phenoxy) is 1. The molecule has 2 aromatic heterocycles. The van der Waals surface area contributed by atoms with Gasteiger partial charge >= 0.3 is 11.9 Å². The Morgan fingerprint density at radius 3 is 1.89 bits per heavy atom. The molecule has 1 unspecified atom stereocenters. The average molecular weight is 523 g/mol. The van der Waals surface area contributed by atoms with E-state index in [0.29, 0.717) is 0 Å². The highest BCUT2D eigenvalue weighted by Crippen LogP contribution is 2.25. The minimum absolute atomic E-state index is 0.0349. The molecule has 0 aliphatic rings. The van der Waals surface area contributed by atoms with Gasteiger partial charge in [0, 0.05) is 62.2 Å². The molecule has 35 heavy (non-hydrogen) atoms. The number of aliphatic carboxylic acids is 1. The molecule has 0 spiro atoms. The van der Waals surface area contributed by atoms with Gasteiger partial charge in [0.05, 0.1) is 19.5 Å². The number of carbonyl (C=O) groups is 4. The lowest BCUT2D eigenvalue weighted by molar-refractivity contribution is -0.146. The number of Topliss-reactive ketones (excluding diaryl/α,β-unsaturated/α-hetero) is 2. The van der Waals surface area contributed by atoms with Crippen LogP contribution in [0.5, 0.6) is 0 Å². The summed E-state index contributed by atoms with van der Waals surface area (Å²) in [5, 5.41) is 8.92. The van der Waals surface area contributed by atoms with Crippen LogP contribution >= 0.6 is 21.6 Å². The molecule has 0 saturated carbocycles. The molecule has 188 valence electrons. The molecule has 2 rings (SSSR count). The van der Waals surface area contributed by atoms with Crippen molar-refractivity contribution >= 4 is 45.1 Å². The second kappa shape index (κ2) is 15.1. The molecule has 2 aromatic rings. The first-order valence-corrected chi connectivity index (χ1v) is 12.9. The van der Waals surface area contributed by atoms with Gasteiger partial charge in [0.15, 0.2) is 11.6 Å². The molecule has 3 N–H and O–H groups in total. The van der Waals surface area contributed by atoms with Crippen LogP contribution in [-0.4, -0.2) is 97.2 Å². The predicted octanol–water partition coefficient (Wildman–Crippen LogP) is 0.749. The van der Waals surface area contributed by atoms with Crippen molar-refractivity contribution in [2.24, 2.45) is 5.73 Å². The van der Waals surface area contributed by atoms with Gasteiger partial charge in [-0.15, -0.1) is 0 Å². The Hall–Kier alpha value is -2.94. The molecular weight excluding hydrogens is 496 g/mol. The highest BCUT2D eigenvalue weighted by molar-refractivity contribution is 8.76. The van der Waals surface area contributed by atoms with E-state index >= 15 is 0 Å². The van der Waals surface area contributed by atoms with Crippen LogP contribution < -0.4 is 5.73 Å². The van der Waals surface area contributed by atoms with Gasteiger partial charge in [-0.25, -0.2) is 9.97 Å². The van der Waals surface area contributed by atoms with Gasteiger partial charge in [-0.05, 0) is 0 Å². The number of hydrogen-bond acceptors (Lipinski definition) is 13. The molecule has 0 amide bonds. The standard InChI is InChI=1S/C21H26N6O6S2/c1-33-21(32)17(13-35-34-12-14(22)20(30)31)27(8-2-18(28)15-10-23-4-6-25-15)9-3-19(29)16-11-24-5-7-26-16/h4-7,10-11,14,17H,2-3,8-9,12-13,22H2,1H3,(H,30,31)/t14?,17-/m0/s1. The van der Waals surface area contributed by atoms with Crippen LogP contribution in [-0.2, 0) is 14.3 Å². The molecule has 12 nitrogen and oxygen atoms in total. The summed E-state index contributed by atoms with van der Waals surface area (Å²) in [6, 6.07) is -1.82. The molecule has 0 aromatic carbocycles. The Balaban J connectivity index is 2.10. The van der Waals surface area contributed by atoms with Crippen LogP contribution in [0.2, 0.25) is 0 Å². The number of aromatic nitrogens is 4. The fourth-order valence-electron chi connectivity index (χ4n) is 2.82. The van der Waals surface area contributed by atoms with E-state index in [1.807, 2.05) is 0 Å². The molecule has 0 fully saturated rings. The fraction of sp³-hybridized carbons (Fsp3) is 0.429. The van der Waals surface area contributed by atoms with E-state index in [0.717, 1.165) is 0 Å². The Morgan fingerprint density at radius 2 is 1.46 bits per heavy atom. The highest BCUT2D eigenvalue weighted by atomic mass is 33.1. The summed E-state index contributed by atoms with van der Waals surface area (Å²) in [5.41, 5.74) is 5.92. The van der Waals surface area contributed by atoms with Crippen molar-refractivity contribution in [3.63, 3.8) is 0 Å². The third-order valence-corrected chi connectivity index (χ3v) is 7.17. The van der Waals surface area contributed by atoms with E-state index < -0.39 is 24.0 Å². The summed E-state index contributed by atoms with van der Waals surface area (Å²) in [5.74, 6) is -1.82. The van der Waals surface area contributed by atoms with E-state index in [-0.39, 0.29) is 60.4 Å². The lowest BCUT2D eigenvalue weighted by Crippen LogP contribution is -2.45. The Bertz CT molecular complexity index is 929. The number of nitrogens with two attached hydrogens (primary N) is 1. The van der Waals surface area contributed by atoms with Crippen LogP contribution in [0, 0.1) is 0 Å². The van der Waals surface area contributed by atoms with Crippen LogP contribution in [0.15, 0.2) is 37.2 Å². The maximum atomic E-state index is 12.6. The summed E-state index contributed by atoms with van der Waals surface area (Å²) in [6.45, 7) is 0.311. The van der Waals surface area contributed by atoms with Crippen molar-refractivity contribution in [2.45, 2.75) is 24.9 Å². The quantitative estimate of drug-likeness (QED) is 0.136. The molecular formula is C21H26N6O6S2. The molecule has 0 aliphatic heterocycles. The number of esters is 1. The second-order valence-corrected chi connectivity index (χ2v) is 9.67. The largest absolute Gasteiger partial charge is 0.480 e. The molecule has 0 bridgehead atoms. The normalized spacial score (nSPS) is 12.7. The zero-order valence-corrected chi connectivity index (χ0v) is 20.6. The first-order chi connectivity index (χ1) is 16.8. The van der Waals surface area contributed by atoms with Crippen molar-refractivity contribution in [3.05, 3.63) is 48.6 Å². The lowest BCUT2D eigenvalue weighted by atomic mass is 10.1. The van der Waals surface area contributed by atoms with Crippen LogP contribution in [0.1, 0.15) is 33.8 Å². The van der Waals surface area contributed by atoms with Gasteiger partial charge in [0.25, 0.3) is 0 Å². The molecule has 0 saturated heterocycles. The SMILES string of the molecule is COC(=O)[C@H](CSSCC(N)C(=O)O)N(CCC(=O)c1cnccn1)CCC(=O)c1cnccn1. The number of methoxy groups -OCH3 is 1. The third-order valence-electron chi connectivity index (χ3n) is 4.74. The fourth-order valence-corrected chi connectivity index (χ4v) is 5.18. The van der Waals surface area contributed by atoms with Gasteiger partial charge in [-0.2, -0.15) is 0 Å². The molecule has 0 radical (unpaired) electrons. The zero-order chi connectivity index (χ0) is 25.6. The monoisotopic (exact) mass is 522 g/mol. The minimum Gasteiger partial charge on any atom is -0.480 e. The second-order valence-electron chi connectivity index (χ2n) is 7.12. The van der Waals surface area contributed by atoms with E-state index in [2.05, 4.69) is 19.9 Å². The molecule has 14 heteroatoms. The van der Waals surface area contributed by atoms with Gasteiger partial charge in [-0.3, -0.25) is 34.0 Å². The first-order valence-electron chi connectivity index (χ1n) is 10.5. The number of rotatable bonds is 16. The van der Waals surface area contributed by atoms with Crippen molar-refractivity contribution in [1.82, 2.24) is 24.8 Å². The summed E-state index contributed by atoms with van der Waals surface area (Å²) < 4.78 is 4.96. The third kappa shape index (κ3) is 9.68. The van der Waals surface area contributed by atoms with Gasteiger partial charge in [-0.1, -0.05) is 21.6 Å². The van der Waals surface area contributed by atoms with Crippen molar-refractivity contribution in [1.29, 1.82) is 0 Å². The smallest absolute Gasteiger partial charge is 0.323 e. The first kappa shape index (κ1) is 28.3. The summed E-state index contributed by atoms with van der Waals surface area (Å²) in [7, 11) is 3.72. The Morgan fingerprint density at radius 1 is 0.943 bits per heavy atom. The number of carbonyl (C=O) groups excluding carboxylic acids is 3. The number of carboxylic acid groups (broad SMARTS) is 1. The summed E-state index contributed by atoms with van der Waals surface area (Å²) in [6.07, 6.45) is 8.54. The van der Waals surface area contributed by atoms with Crippen LogP contribution in [0.25, 0.3) is 0 Å². The van der Waals surface area contributed by atoms with Crippen molar-refractivity contribution < 1.29 is 29.0 Å². The number of hydrogen-bond donors (Lipinski definition) is 2. The van der Waals surface area contributed by atoms with Crippen molar-refractivity contribution in [2.75, 3.05) is 31.7 Å².